The minimum absolute atomic E-state index is 0.747. The van der Waals surface area contributed by atoms with E-state index in [1.165, 1.54) is 0 Å². The monoisotopic (exact) mass is 240 g/mol. The third kappa shape index (κ3) is 2.38. The summed E-state index contributed by atoms with van der Waals surface area (Å²) in [6.45, 7) is 4.12. The zero-order valence-corrected chi connectivity index (χ0v) is 10.7. The van der Waals surface area contributed by atoms with Crippen molar-refractivity contribution >= 4 is 0 Å². The molecule has 3 nitrogen and oxygen atoms in total. The SMILES string of the molecule is C#Cc1cccc(Oc2c(CC)n[nH]c2CC)c1. The van der Waals surface area contributed by atoms with E-state index in [1.54, 1.807) is 0 Å². The van der Waals surface area contributed by atoms with Crippen LogP contribution in [0.3, 0.4) is 0 Å². The average molecular weight is 240 g/mol. The van der Waals surface area contributed by atoms with E-state index in [-0.39, 0.29) is 0 Å². The summed E-state index contributed by atoms with van der Waals surface area (Å²) in [7, 11) is 0. The molecule has 1 heterocycles. The summed E-state index contributed by atoms with van der Waals surface area (Å²) < 4.78 is 5.92. The number of aromatic amines is 1. The summed E-state index contributed by atoms with van der Waals surface area (Å²) in [4.78, 5) is 0. The van der Waals surface area contributed by atoms with Gasteiger partial charge in [0, 0.05) is 5.56 Å². The van der Waals surface area contributed by atoms with Gasteiger partial charge in [0.1, 0.15) is 11.4 Å². The van der Waals surface area contributed by atoms with Crippen molar-refractivity contribution in [2.45, 2.75) is 26.7 Å². The van der Waals surface area contributed by atoms with Crippen LogP contribution in [0.2, 0.25) is 0 Å². The van der Waals surface area contributed by atoms with E-state index in [4.69, 9.17) is 11.2 Å². The largest absolute Gasteiger partial charge is 0.453 e. The van der Waals surface area contributed by atoms with Gasteiger partial charge in [-0.1, -0.05) is 25.8 Å². The highest BCUT2D eigenvalue weighted by molar-refractivity contribution is 5.42. The maximum absolute atomic E-state index is 5.92. The Morgan fingerprint density at radius 2 is 2.17 bits per heavy atom. The minimum Gasteiger partial charge on any atom is -0.453 e. The lowest BCUT2D eigenvalue weighted by Crippen LogP contribution is -1.91. The Bertz CT molecular complexity index is 557. The Morgan fingerprint density at radius 1 is 1.33 bits per heavy atom. The topological polar surface area (TPSA) is 37.9 Å². The molecule has 1 aromatic heterocycles. The summed E-state index contributed by atoms with van der Waals surface area (Å²) in [6.07, 6.45) is 7.07. The number of H-pyrrole nitrogens is 1. The zero-order valence-electron chi connectivity index (χ0n) is 10.7. The highest BCUT2D eigenvalue weighted by atomic mass is 16.5. The molecule has 0 spiro atoms. The van der Waals surface area contributed by atoms with Gasteiger partial charge in [0.25, 0.3) is 0 Å². The van der Waals surface area contributed by atoms with Gasteiger partial charge in [0.05, 0.1) is 5.69 Å². The van der Waals surface area contributed by atoms with Crippen LogP contribution in [-0.4, -0.2) is 10.2 Å². The normalized spacial score (nSPS) is 10.1. The van der Waals surface area contributed by atoms with Crippen LogP contribution >= 0.6 is 0 Å². The Hall–Kier alpha value is -2.21. The lowest BCUT2D eigenvalue weighted by atomic mass is 10.2. The third-order valence-electron chi connectivity index (χ3n) is 2.77. The lowest BCUT2D eigenvalue weighted by molar-refractivity contribution is 0.471. The molecule has 0 atom stereocenters. The van der Waals surface area contributed by atoms with Gasteiger partial charge < -0.3 is 4.74 Å². The standard InChI is InChI=1S/C15H16N2O/c1-4-11-8-7-9-12(10-11)18-15-13(5-2)16-17-14(15)6-3/h1,7-10H,5-6H2,2-3H3,(H,16,17). The van der Waals surface area contributed by atoms with E-state index in [1.807, 2.05) is 24.3 Å². The molecule has 0 aliphatic carbocycles. The van der Waals surface area contributed by atoms with Crippen LogP contribution in [0.4, 0.5) is 0 Å². The fraction of sp³-hybridized carbons (Fsp3) is 0.267. The molecule has 2 aromatic rings. The van der Waals surface area contributed by atoms with Crippen molar-refractivity contribution in [1.82, 2.24) is 10.2 Å². The van der Waals surface area contributed by atoms with Crippen molar-refractivity contribution in [3.05, 3.63) is 41.2 Å². The van der Waals surface area contributed by atoms with Crippen LogP contribution in [0.15, 0.2) is 24.3 Å². The van der Waals surface area contributed by atoms with Crippen molar-refractivity contribution < 1.29 is 4.74 Å². The number of ether oxygens (including phenoxy) is 1. The van der Waals surface area contributed by atoms with Gasteiger partial charge in [-0.15, -0.1) is 6.42 Å². The van der Waals surface area contributed by atoms with Crippen LogP contribution in [-0.2, 0) is 12.8 Å². The minimum atomic E-state index is 0.747. The lowest BCUT2D eigenvalue weighted by Gasteiger charge is -2.07. The smallest absolute Gasteiger partial charge is 0.171 e. The first-order valence-corrected chi connectivity index (χ1v) is 6.09. The number of aryl methyl sites for hydroxylation is 2. The Kier molecular flexibility index (Phi) is 3.69. The number of hydrogen-bond acceptors (Lipinski definition) is 2. The van der Waals surface area contributed by atoms with Gasteiger partial charge in [-0.2, -0.15) is 5.10 Å². The molecule has 0 saturated heterocycles. The third-order valence-corrected chi connectivity index (χ3v) is 2.77. The van der Waals surface area contributed by atoms with Crippen LogP contribution in [0.5, 0.6) is 11.5 Å². The van der Waals surface area contributed by atoms with E-state index in [9.17, 15) is 0 Å². The van der Waals surface area contributed by atoms with Gasteiger partial charge >= 0.3 is 0 Å². The molecule has 0 radical (unpaired) electrons. The molecule has 0 aliphatic rings. The first kappa shape index (κ1) is 12.3. The van der Waals surface area contributed by atoms with Crippen LogP contribution in [0, 0.1) is 12.3 Å². The quantitative estimate of drug-likeness (QED) is 0.832. The second kappa shape index (κ2) is 5.42. The summed E-state index contributed by atoms with van der Waals surface area (Å²) in [5.41, 5.74) is 2.77. The van der Waals surface area contributed by atoms with E-state index in [0.717, 1.165) is 41.3 Å². The van der Waals surface area contributed by atoms with Gasteiger partial charge in [-0.05, 0) is 31.0 Å². The summed E-state index contributed by atoms with van der Waals surface area (Å²) in [6, 6.07) is 7.52. The second-order valence-electron chi connectivity index (χ2n) is 3.96. The van der Waals surface area contributed by atoms with E-state index in [0.29, 0.717) is 0 Å². The highest BCUT2D eigenvalue weighted by Crippen LogP contribution is 2.28. The highest BCUT2D eigenvalue weighted by Gasteiger charge is 2.12. The number of aromatic nitrogens is 2. The second-order valence-corrected chi connectivity index (χ2v) is 3.96. The van der Waals surface area contributed by atoms with Crippen molar-refractivity contribution in [1.29, 1.82) is 0 Å². The molecule has 0 unspecified atom stereocenters. The average Bonchev–Trinajstić information content (AvgIpc) is 2.81. The Morgan fingerprint density at radius 3 is 2.83 bits per heavy atom. The molecular formula is C15H16N2O. The maximum Gasteiger partial charge on any atom is 0.171 e. The molecular weight excluding hydrogens is 224 g/mol. The van der Waals surface area contributed by atoms with Crippen molar-refractivity contribution in [3.8, 4) is 23.8 Å². The first-order valence-electron chi connectivity index (χ1n) is 6.09. The molecule has 0 bridgehead atoms. The summed E-state index contributed by atoms with van der Waals surface area (Å²) >= 11 is 0. The maximum atomic E-state index is 5.92. The van der Waals surface area contributed by atoms with E-state index < -0.39 is 0 Å². The van der Waals surface area contributed by atoms with E-state index >= 15 is 0 Å². The molecule has 0 saturated carbocycles. The van der Waals surface area contributed by atoms with Crippen molar-refractivity contribution in [2.75, 3.05) is 0 Å². The van der Waals surface area contributed by atoms with Crippen LogP contribution in [0.25, 0.3) is 0 Å². The van der Waals surface area contributed by atoms with Gasteiger partial charge in [-0.25, -0.2) is 0 Å². The van der Waals surface area contributed by atoms with E-state index in [2.05, 4.69) is 30.0 Å². The molecule has 18 heavy (non-hydrogen) atoms. The van der Waals surface area contributed by atoms with Crippen molar-refractivity contribution in [3.63, 3.8) is 0 Å². The molecule has 0 amide bonds. The molecule has 92 valence electrons. The zero-order chi connectivity index (χ0) is 13.0. The number of nitrogens with zero attached hydrogens (tertiary/aromatic N) is 1. The molecule has 0 aliphatic heterocycles. The number of rotatable bonds is 4. The molecule has 2 rings (SSSR count). The van der Waals surface area contributed by atoms with Gasteiger partial charge in [0.15, 0.2) is 5.75 Å². The molecule has 1 N–H and O–H groups in total. The number of benzene rings is 1. The number of hydrogen-bond donors (Lipinski definition) is 1. The van der Waals surface area contributed by atoms with Crippen LogP contribution in [0.1, 0.15) is 30.8 Å². The Labute approximate surface area is 107 Å². The summed E-state index contributed by atoms with van der Waals surface area (Å²) in [5.74, 6) is 4.18. The predicted octanol–water partition coefficient (Wildman–Crippen LogP) is 3.31. The van der Waals surface area contributed by atoms with Gasteiger partial charge in [0.2, 0.25) is 0 Å². The molecule has 3 heteroatoms. The Balaban J connectivity index is 2.33. The first-order chi connectivity index (χ1) is 8.78. The number of nitrogens with one attached hydrogen (secondary N) is 1. The summed E-state index contributed by atoms with van der Waals surface area (Å²) in [5, 5.41) is 7.26. The van der Waals surface area contributed by atoms with Crippen molar-refractivity contribution in [2.24, 2.45) is 0 Å². The molecule has 1 aromatic carbocycles. The van der Waals surface area contributed by atoms with Crippen LogP contribution < -0.4 is 4.74 Å². The molecule has 0 fully saturated rings. The fourth-order valence-electron chi connectivity index (χ4n) is 1.78. The number of terminal acetylenes is 1. The predicted molar refractivity (Wildman–Crippen MR) is 71.8 cm³/mol. The fourth-order valence-corrected chi connectivity index (χ4v) is 1.78. The van der Waals surface area contributed by atoms with Gasteiger partial charge in [-0.3, -0.25) is 5.10 Å².